The summed E-state index contributed by atoms with van der Waals surface area (Å²) in [6.07, 6.45) is 0. The van der Waals surface area contributed by atoms with Gasteiger partial charge in [0.2, 0.25) is 0 Å². The van der Waals surface area contributed by atoms with Gasteiger partial charge < -0.3 is 15.9 Å². The number of nitrogens with zero attached hydrogens (tertiary/aromatic N) is 2. The van der Waals surface area contributed by atoms with Crippen LogP contribution in [0.5, 0.6) is 5.75 Å². The first-order chi connectivity index (χ1) is 12.7. The molecule has 0 bridgehead atoms. The molecule has 0 fully saturated rings. The predicted octanol–water partition coefficient (Wildman–Crippen LogP) is 3.49. The zero-order valence-corrected chi connectivity index (χ0v) is 14.4. The fourth-order valence-corrected chi connectivity index (χ4v) is 3.17. The third-order valence-corrected chi connectivity index (χ3v) is 4.61. The minimum absolute atomic E-state index is 0.0527. The molecule has 138 valence electrons. The molecule has 0 aromatic heterocycles. The van der Waals surface area contributed by atoms with Crippen LogP contribution in [0, 0.1) is 0 Å². The summed E-state index contributed by atoms with van der Waals surface area (Å²) in [5, 5.41) is 27.6. The Kier molecular flexibility index (Phi) is 4.52. The number of hydrogen-bond acceptors (Lipinski definition) is 7. The van der Waals surface area contributed by atoms with Gasteiger partial charge in [-0.1, -0.05) is 12.1 Å². The summed E-state index contributed by atoms with van der Waals surface area (Å²) in [5.41, 5.74) is 5.25. The summed E-state index contributed by atoms with van der Waals surface area (Å²) < 4.78 is 33.0. The van der Waals surface area contributed by atoms with Gasteiger partial charge in [-0.3, -0.25) is 4.55 Å². The second-order valence-electron chi connectivity index (χ2n) is 5.55. The second-order valence-corrected chi connectivity index (χ2v) is 6.94. The quantitative estimate of drug-likeness (QED) is 0.302. The number of carboxylic acids is 1. The number of benzene rings is 3. The number of anilines is 1. The highest BCUT2D eigenvalue weighted by Crippen LogP contribution is 2.41. The highest BCUT2D eigenvalue weighted by molar-refractivity contribution is 7.86. The maximum Gasteiger partial charge on any atom is 0.337 e. The number of fused-ring (bicyclic) bond motifs is 1. The molecule has 0 saturated heterocycles. The first-order valence-corrected chi connectivity index (χ1v) is 8.89. The summed E-state index contributed by atoms with van der Waals surface area (Å²) in [6, 6.07) is 11.1. The van der Waals surface area contributed by atoms with E-state index < -0.39 is 32.4 Å². The summed E-state index contributed by atoms with van der Waals surface area (Å²) in [6.45, 7) is 0. The molecule has 9 nitrogen and oxygen atoms in total. The van der Waals surface area contributed by atoms with Gasteiger partial charge in [0, 0.05) is 11.1 Å². The lowest BCUT2D eigenvalue weighted by Gasteiger charge is -2.09. The summed E-state index contributed by atoms with van der Waals surface area (Å²) >= 11 is 0. The monoisotopic (exact) mass is 387 g/mol. The van der Waals surface area contributed by atoms with Gasteiger partial charge in [0.25, 0.3) is 10.1 Å². The van der Waals surface area contributed by atoms with E-state index in [9.17, 15) is 22.9 Å². The van der Waals surface area contributed by atoms with Crippen molar-refractivity contribution in [2.75, 3.05) is 5.73 Å². The van der Waals surface area contributed by atoms with Crippen LogP contribution in [-0.2, 0) is 10.1 Å². The molecule has 0 aliphatic carbocycles. The van der Waals surface area contributed by atoms with Crippen LogP contribution in [0.2, 0.25) is 0 Å². The fourth-order valence-electron chi connectivity index (χ4n) is 2.51. The number of carboxylic acid groups (broad SMARTS) is 1. The Morgan fingerprint density at radius 2 is 1.74 bits per heavy atom. The van der Waals surface area contributed by atoms with E-state index in [0.717, 1.165) is 6.07 Å². The lowest BCUT2D eigenvalue weighted by Crippen LogP contribution is -1.99. The van der Waals surface area contributed by atoms with Crippen molar-refractivity contribution in [1.82, 2.24) is 0 Å². The van der Waals surface area contributed by atoms with Crippen LogP contribution in [-0.4, -0.2) is 29.2 Å². The molecule has 27 heavy (non-hydrogen) atoms. The zero-order valence-electron chi connectivity index (χ0n) is 13.6. The van der Waals surface area contributed by atoms with E-state index in [1.54, 1.807) is 0 Å². The topological polar surface area (TPSA) is 163 Å². The van der Waals surface area contributed by atoms with Gasteiger partial charge in [0.05, 0.1) is 5.56 Å². The molecule has 3 rings (SSSR count). The number of phenols is 1. The lowest BCUT2D eigenvalue weighted by molar-refractivity contribution is 0.0697. The number of rotatable bonds is 4. The first-order valence-electron chi connectivity index (χ1n) is 7.45. The van der Waals surface area contributed by atoms with Gasteiger partial charge in [-0.25, -0.2) is 4.79 Å². The molecule has 3 aromatic rings. The van der Waals surface area contributed by atoms with E-state index in [-0.39, 0.29) is 22.0 Å². The Balaban J connectivity index is 2.26. The van der Waals surface area contributed by atoms with Gasteiger partial charge in [-0.05, 0) is 41.8 Å². The molecule has 10 heteroatoms. The Morgan fingerprint density at radius 3 is 2.41 bits per heavy atom. The molecule has 0 saturated carbocycles. The Labute approximate surface area is 153 Å². The molecule has 0 spiro atoms. The minimum atomic E-state index is -4.76. The number of nitrogen functional groups attached to an aromatic ring is 1. The smallest absolute Gasteiger partial charge is 0.337 e. The molecular weight excluding hydrogens is 374 g/mol. The summed E-state index contributed by atoms with van der Waals surface area (Å²) in [5.74, 6) is -1.80. The number of hydrogen-bond donors (Lipinski definition) is 4. The number of phenolic OH excluding ortho intramolecular Hbond substituents is 1. The molecule has 0 heterocycles. The molecular formula is C17H13N3O6S. The van der Waals surface area contributed by atoms with Crippen molar-refractivity contribution in [1.29, 1.82) is 0 Å². The molecule has 0 atom stereocenters. The van der Waals surface area contributed by atoms with Crippen LogP contribution in [0.3, 0.4) is 0 Å². The SMILES string of the molecule is Nc1ccc2c(O)c(N=Nc3ccccc3C(=O)O)c(S(=O)(=O)O)cc2c1. The number of carbonyl (C=O) groups is 1. The normalized spacial score (nSPS) is 11.9. The Bertz CT molecular complexity index is 1200. The van der Waals surface area contributed by atoms with Crippen molar-refractivity contribution in [3.05, 3.63) is 54.1 Å². The van der Waals surface area contributed by atoms with E-state index in [1.807, 2.05) is 0 Å². The predicted molar refractivity (Wildman–Crippen MR) is 97.4 cm³/mol. The molecule has 0 unspecified atom stereocenters. The van der Waals surface area contributed by atoms with Crippen LogP contribution < -0.4 is 5.73 Å². The van der Waals surface area contributed by atoms with Crippen molar-refractivity contribution in [2.24, 2.45) is 10.2 Å². The van der Waals surface area contributed by atoms with Gasteiger partial charge in [-0.15, -0.1) is 10.2 Å². The Hall–Kier alpha value is -3.50. The van der Waals surface area contributed by atoms with E-state index in [2.05, 4.69) is 10.2 Å². The molecule has 0 amide bonds. The standard InChI is InChI=1S/C17H13N3O6S/c18-10-5-6-11-9(7-10)8-14(27(24,25)26)15(16(11)21)20-19-13-4-2-1-3-12(13)17(22)23/h1-8,21H,18H2,(H,22,23)(H,24,25,26). The maximum atomic E-state index is 11.7. The zero-order chi connectivity index (χ0) is 19.8. The highest BCUT2D eigenvalue weighted by Gasteiger charge is 2.22. The van der Waals surface area contributed by atoms with Crippen molar-refractivity contribution < 1.29 is 28.0 Å². The van der Waals surface area contributed by atoms with Crippen molar-refractivity contribution in [2.45, 2.75) is 4.90 Å². The minimum Gasteiger partial charge on any atom is -0.505 e. The fraction of sp³-hybridized carbons (Fsp3) is 0. The molecule has 0 aliphatic heterocycles. The first kappa shape index (κ1) is 18.3. The van der Waals surface area contributed by atoms with E-state index in [0.29, 0.717) is 5.69 Å². The average molecular weight is 387 g/mol. The number of aromatic carboxylic acids is 1. The third kappa shape index (κ3) is 3.57. The maximum absolute atomic E-state index is 11.7. The van der Waals surface area contributed by atoms with Gasteiger partial charge in [0.15, 0.2) is 5.75 Å². The van der Waals surface area contributed by atoms with Crippen molar-refractivity contribution in [3.8, 4) is 5.75 Å². The number of nitrogens with two attached hydrogens (primary N) is 1. The van der Waals surface area contributed by atoms with E-state index >= 15 is 0 Å². The second kappa shape index (κ2) is 6.67. The van der Waals surface area contributed by atoms with Crippen LogP contribution >= 0.6 is 0 Å². The third-order valence-electron chi connectivity index (χ3n) is 3.75. The van der Waals surface area contributed by atoms with Crippen LogP contribution in [0.1, 0.15) is 10.4 Å². The molecule has 3 aromatic carbocycles. The molecule has 5 N–H and O–H groups in total. The van der Waals surface area contributed by atoms with Gasteiger partial charge in [-0.2, -0.15) is 8.42 Å². The molecule has 0 aliphatic rings. The average Bonchev–Trinajstić information content (AvgIpc) is 2.59. The highest BCUT2D eigenvalue weighted by atomic mass is 32.2. The summed E-state index contributed by atoms with van der Waals surface area (Å²) in [7, 11) is -4.76. The Morgan fingerprint density at radius 1 is 1.04 bits per heavy atom. The van der Waals surface area contributed by atoms with Gasteiger partial charge >= 0.3 is 5.97 Å². The van der Waals surface area contributed by atoms with E-state index in [1.165, 1.54) is 42.5 Å². The van der Waals surface area contributed by atoms with Gasteiger partial charge in [0.1, 0.15) is 16.3 Å². The van der Waals surface area contributed by atoms with Crippen molar-refractivity contribution >= 4 is 43.9 Å². The van der Waals surface area contributed by atoms with Crippen LogP contribution in [0.25, 0.3) is 10.8 Å². The van der Waals surface area contributed by atoms with E-state index in [4.69, 9.17) is 10.8 Å². The van der Waals surface area contributed by atoms with Crippen LogP contribution in [0.15, 0.2) is 63.7 Å². The molecule has 0 radical (unpaired) electrons. The number of aromatic hydroxyl groups is 1. The van der Waals surface area contributed by atoms with Crippen LogP contribution in [0.4, 0.5) is 17.1 Å². The number of azo groups is 1. The summed E-state index contributed by atoms with van der Waals surface area (Å²) in [4.78, 5) is 10.5. The lowest BCUT2D eigenvalue weighted by atomic mass is 10.1. The van der Waals surface area contributed by atoms with Crippen molar-refractivity contribution in [3.63, 3.8) is 0 Å². The largest absolute Gasteiger partial charge is 0.505 e.